The second-order valence-electron chi connectivity index (χ2n) is 5.64. The van der Waals surface area contributed by atoms with Crippen molar-refractivity contribution < 1.29 is 14.3 Å². The van der Waals surface area contributed by atoms with Crippen LogP contribution in [0.2, 0.25) is 0 Å². The molecule has 0 aliphatic rings. The Kier molecular flexibility index (Phi) is 6.95. The first-order chi connectivity index (χ1) is 12.1. The number of ether oxygens (including phenoxy) is 1. The molecule has 0 saturated heterocycles. The van der Waals surface area contributed by atoms with E-state index in [9.17, 15) is 9.59 Å². The lowest BCUT2D eigenvalue weighted by molar-refractivity contribution is -0.122. The first-order valence-corrected chi connectivity index (χ1v) is 8.31. The van der Waals surface area contributed by atoms with E-state index in [0.29, 0.717) is 24.6 Å². The van der Waals surface area contributed by atoms with E-state index >= 15 is 0 Å². The normalized spacial score (nSPS) is 11.4. The minimum atomic E-state index is -0.610. The fourth-order valence-electron chi connectivity index (χ4n) is 2.11. The molecule has 0 aliphatic carbocycles. The molecule has 2 N–H and O–H groups in total. The van der Waals surface area contributed by atoms with Crippen LogP contribution in [0.4, 0.5) is 0 Å². The average molecular weight is 341 g/mol. The first-order valence-electron chi connectivity index (χ1n) is 8.31. The molecule has 0 radical (unpaired) electrons. The summed E-state index contributed by atoms with van der Waals surface area (Å²) in [6, 6.07) is 12.2. The summed E-state index contributed by atoms with van der Waals surface area (Å²) in [4.78, 5) is 28.2. The third kappa shape index (κ3) is 5.91. The number of carbonyl (C=O) groups is 2. The molecule has 25 heavy (non-hydrogen) atoms. The number of pyridine rings is 1. The summed E-state index contributed by atoms with van der Waals surface area (Å²) >= 11 is 0. The van der Waals surface area contributed by atoms with Crippen molar-refractivity contribution in [3.63, 3.8) is 0 Å². The molecular formula is C19H23N3O3. The topological polar surface area (TPSA) is 80.3 Å². The van der Waals surface area contributed by atoms with Gasteiger partial charge in [-0.05, 0) is 25.0 Å². The van der Waals surface area contributed by atoms with Gasteiger partial charge < -0.3 is 15.4 Å². The first kappa shape index (κ1) is 18.4. The van der Waals surface area contributed by atoms with Gasteiger partial charge in [-0.1, -0.05) is 37.3 Å². The van der Waals surface area contributed by atoms with E-state index < -0.39 is 6.04 Å². The van der Waals surface area contributed by atoms with Gasteiger partial charge in [0.2, 0.25) is 11.8 Å². The largest absolute Gasteiger partial charge is 0.473 e. The molecule has 2 rings (SSSR count). The number of nitrogens with one attached hydrogen (secondary N) is 2. The van der Waals surface area contributed by atoms with E-state index in [2.05, 4.69) is 15.6 Å². The van der Waals surface area contributed by atoms with Gasteiger partial charge >= 0.3 is 0 Å². The molecule has 1 aromatic carbocycles. The van der Waals surface area contributed by atoms with Crippen molar-refractivity contribution in [1.29, 1.82) is 0 Å². The van der Waals surface area contributed by atoms with E-state index in [-0.39, 0.29) is 11.8 Å². The van der Waals surface area contributed by atoms with Crippen LogP contribution in [-0.2, 0) is 11.4 Å². The molecule has 0 unspecified atom stereocenters. The number of benzene rings is 1. The van der Waals surface area contributed by atoms with Gasteiger partial charge in [0, 0.05) is 24.4 Å². The molecule has 0 aliphatic heterocycles. The Labute approximate surface area is 147 Å². The second-order valence-corrected chi connectivity index (χ2v) is 5.64. The van der Waals surface area contributed by atoms with Crippen molar-refractivity contribution in [2.24, 2.45) is 0 Å². The Balaban J connectivity index is 1.93. The molecule has 2 aromatic rings. The summed E-state index contributed by atoms with van der Waals surface area (Å²) in [6.07, 6.45) is 2.36. The molecule has 1 aromatic heterocycles. The number of nitrogens with zero attached hydrogens (tertiary/aromatic N) is 1. The Morgan fingerprint density at radius 3 is 2.68 bits per heavy atom. The predicted molar refractivity (Wildman–Crippen MR) is 95.2 cm³/mol. The fourth-order valence-corrected chi connectivity index (χ4v) is 2.11. The van der Waals surface area contributed by atoms with Gasteiger partial charge in [-0.3, -0.25) is 9.59 Å². The zero-order valence-corrected chi connectivity index (χ0v) is 14.5. The number of aromatic nitrogens is 1. The quantitative estimate of drug-likeness (QED) is 0.772. The maximum absolute atomic E-state index is 12.3. The Morgan fingerprint density at radius 1 is 1.20 bits per heavy atom. The highest BCUT2D eigenvalue weighted by molar-refractivity contribution is 5.97. The number of hydrogen-bond donors (Lipinski definition) is 2. The van der Waals surface area contributed by atoms with Crippen LogP contribution in [0.5, 0.6) is 5.88 Å². The SMILES string of the molecule is CCCNC(=O)[C@H](C)NC(=O)c1ccnc(OCc2ccccc2)c1. The monoisotopic (exact) mass is 341 g/mol. The van der Waals surface area contributed by atoms with E-state index in [1.165, 1.54) is 6.20 Å². The lowest BCUT2D eigenvalue weighted by Gasteiger charge is -2.14. The van der Waals surface area contributed by atoms with Gasteiger partial charge in [0.05, 0.1) is 0 Å². The van der Waals surface area contributed by atoms with Crippen LogP contribution in [0, 0.1) is 0 Å². The fraction of sp³-hybridized carbons (Fsp3) is 0.316. The van der Waals surface area contributed by atoms with Gasteiger partial charge in [0.1, 0.15) is 12.6 Å². The molecule has 0 bridgehead atoms. The summed E-state index contributed by atoms with van der Waals surface area (Å²) in [5.74, 6) is -0.185. The van der Waals surface area contributed by atoms with Gasteiger partial charge in [-0.25, -0.2) is 4.98 Å². The molecule has 6 nitrogen and oxygen atoms in total. The van der Waals surface area contributed by atoms with E-state index in [1.807, 2.05) is 37.3 Å². The zero-order valence-electron chi connectivity index (χ0n) is 14.5. The average Bonchev–Trinajstić information content (AvgIpc) is 2.65. The lowest BCUT2D eigenvalue weighted by Crippen LogP contribution is -2.45. The van der Waals surface area contributed by atoms with Crippen molar-refractivity contribution in [2.45, 2.75) is 32.9 Å². The third-order valence-corrected chi connectivity index (χ3v) is 3.52. The standard InChI is InChI=1S/C19H23N3O3/c1-3-10-21-18(23)14(2)22-19(24)16-9-11-20-17(12-16)25-13-15-7-5-4-6-8-15/h4-9,11-12,14H,3,10,13H2,1-2H3,(H,21,23)(H,22,24)/t14-/m0/s1. The third-order valence-electron chi connectivity index (χ3n) is 3.52. The molecule has 0 saturated carbocycles. The molecule has 2 amide bonds. The molecule has 1 atom stereocenters. The van der Waals surface area contributed by atoms with Crippen molar-refractivity contribution >= 4 is 11.8 Å². The van der Waals surface area contributed by atoms with Gasteiger partial charge in [0.25, 0.3) is 5.91 Å². The van der Waals surface area contributed by atoms with Crippen LogP contribution in [0.3, 0.4) is 0 Å². The Hall–Kier alpha value is -2.89. The maximum atomic E-state index is 12.3. The lowest BCUT2D eigenvalue weighted by atomic mass is 10.2. The van der Waals surface area contributed by atoms with E-state index in [4.69, 9.17) is 4.74 Å². The van der Waals surface area contributed by atoms with E-state index in [0.717, 1.165) is 12.0 Å². The minimum absolute atomic E-state index is 0.204. The Morgan fingerprint density at radius 2 is 1.96 bits per heavy atom. The van der Waals surface area contributed by atoms with Crippen molar-refractivity contribution in [3.8, 4) is 5.88 Å². The van der Waals surface area contributed by atoms with Crippen molar-refractivity contribution in [1.82, 2.24) is 15.6 Å². The van der Waals surface area contributed by atoms with E-state index in [1.54, 1.807) is 19.1 Å². The number of carbonyl (C=O) groups excluding carboxylic acids is 2. The van der Waals surface area contributed by atoms with Crippen LogP contribution in [-0.4, -0.2) is 29.4 Å². The molecular weight excluding hydrogens is 318 g/mol. The highest BCUT2D eigenvalue weighted by atomic mass is 16.5. The molecule has 1 heterocycles. The highest BCUT2D eigenvalue weighted by Crippen LogP contribution is 2.12. The van der Waals surface area contributed by atoms with Gasteiger partial charge in [-0.15, -0.1) is 0 Å². The summed E-state index contributed by atoms with van der Waals surface area (Å²) < 4.78 is 5.62. The number of amides is 2. The summed E-state index contributed by atoms with van der Waals surface area (Å²) in [5, 5.41) is 5.42. The maximum Gasteiger partial charge on any atom is 0.252 e. The molecule has 0 spiro atoms. The second kappa shape index (κ2) is 9.42. The van der Waals surface area contributed by atoms with Crippen LogP contribution in [0.25, 0.3) is 0 Å². The summed E-state index contributed by atoms with van der Waals surface area (Å²) in [6.45, 7) is 4.58. The minimum Gasteiger partial charge on any atom is -0.473 e. The summed E-state index contributed by atoms with van der Waals surface area (Å²) in [5.41, 5.74) is 1.41. The van der Waals surface area contributed by atoms with Gasteiger partial charge in [0.15, 0.2) is 0 Å². The Bertz CT molecular complexity index is 704. The zero-order chi connectivity index (χ0) is 18.1. The molecule has 6 heteroatoms. The highest BCUT2D eigenvalue weighted by Gasteiger charge is 2.16. The summed E-state index contributed by atoms with van der Waals surface area (Å²) in [7, 11) is 0. The van der Waals surface area contributed by atoms with Crippen molar-refractivity contribution in [3.05, 3.63) is 59.8 Å². The van der Waals surface area contributed by atoms with Crippen molar-refractivity contribution in [2.75, 3.05) is 6.54 Å². The van der Waals surface area contributed by atoms with Crippen LogP contribution in [0.15, 0.2) is 48.7 Å². The van der Waals surface area contributed by atoms with Crippen LogP contribution >= 0.6 is 0 Å². The molecule has 132 valence electrons. The van der Waals surface area contributed by atoms with Crippen LogP contribution < -0.4 is 15.4 Å². The predicted octanol–water partition coefficient (Wildman–Crippen LogP) is 2.31. The number of hydrogen-bond acceptors (Lipinski definition) is 4. The molecule has 0 fully saturated rings. The van der Waals surface area contributed by atoms with Crippen LogP contribution in [0.1, 0.15) is 36.2 Å². The smallest absolute Gasteiger partial charge is 0.252 e. The number of rotatable bonds is 8. The van der Waals surface area contributed by atoms with Gasteiger partial charge in [-0.2, -0.15) is 0 Å².